The van der Waals surface area contributed by atoms with E-state index in [2.05, 4.69) is 9.97 Å². The monoisotopic (exact) mass is 283 g/mol. The van der Waals surface area contributed by atoms with Crippen molar-refractivity contribution in [1.82, 2.24) is 9.97 Å². The minimum Gasteiger partial charge on any atom is -0.368 e. The molecule has 21 heavy (non-hydrogen) atoms. The molecule has 0 aliphatic carbocycles. The molecule has 0 unspecified atom stereocenters. The van der Waals surface area contributed by atoms with Gasteiger partial charge in [0.1, 0.15) is 5.69 Å². The summed E-state index contributed by atoms with van der Waals surface area (Å²) >= 11 is 0. The number of hydrogen-bond acceptors (Lipinski definition) is 5. The number of amides is 1. The lowest BCUT2D eigenvalue weighted by Gasteiger charge is -2.26. The summed E-state index contributed by atoms with van der Waals surface area (Å²) in [6.07, 6.45) is 1.61. The highest BCUT2D eigenvalue weighted by molar-refractivity contribution is 6.13. The van der Waals surface area contributed by atoms with Crippen LogP contribution < -0.4 is 15.5 Å². The first-order chi connectivity index (χ1) is 10.0. The largest absolute Gasteiger partial charge is 0.368 e. The molecular formula is C15H17N5O. The van der Waals surface area contributed by atoms with E-state index >= 15 is 0 Å². The van der Waals surface area contributed by atoms with Crippen LogP contribution in [0.25, 0.3) is 0 Å². The Labute approximate surface area is 123 Å². The zero-order chi connectivity index (χ0) is 15.1. The molecule has 0 fully saturated rings. The van der Waals surface area contributed by atoms with Crippen LogP contribution in [0.4, 0.5) is 23.1 Å². The summed E-state index contributed by atoms with van der Waals surface area (Å²) in [6, 6.07) is 7.48. The van der Waals surface area contributed by atoms with E-state index in [0.29, 0.717) is 17.1 Å². The Balaban J connectivity index is 2.32. The van der Waals surface area contributed by atoms with E-state index in [0.717, 1.165) is 5.69 Å². The van der Waals surface area contributed by atoms with E-state index in [1.807, 2.05) is 50.1 Å². The fourth-order valence-electron chi connectivity index (χ4n) is 2.61. The number of para-hydroxylation sites is 1. The SMILES string of the molecule is CC(C)N1C(=O)c2ccccc2N(C)c2nc(N)ncc21. The highest BCUT2D eigenvalue weighted by atomic mass is 16.2. The lowest BCUT2D eigenvalue weighted by molar-refractivity contribution is 0.0981. The lowest BCUT2D eigenvalue weighted by Crippen LogP contribution is -2.36. The van der Waals surface area contributed by atoms with Crippen LogP contribution in [0.15, 0.2) is 30.5 Å². The highest BCUT2D eigenvalue weighted by Crippen LogP contribution is 2.38. The number of hydrogen-bond donors (Lipinski definition) is 1. The van der Waals surface area contributed by atoms with Gasteiger partial charge in [0.2, 0.25) is 5.95 Å². The van der Waals surface area contributed by atoms with Crippen molar-refractivity contribution in [2.45, 2.75) is 19.9 Å². The van der Waals surface area contributed by atoms with Crippen molar-refractivity contribution in [2.75, 3.05) is 22.6 Å². The first kappa shape index (κ1) is 13.4. The average Bonchev–Trinajstić information content (AvgIpc) is 2.55. The molecule has 0 saturated heterocycles. The molecular weight excluding hydrogens is 266 g/mol. The maximum atomic E-state index is 12.9. The number of benzene rings is 1. The van der Waals surface area contributed by atoms with Crippen molar-refractivity contribution in [3.63, 3.8) is 0 Å². The molecule has 0 saturated carbocycles. The van der Waals surface area contributed by atoms with Crippen LogP contribution >= 0.6 is 0 Å². The summed E-state index contributed by atoms with van der Waals surface area (Å²) in [5.74, 6) is 0.769. The number of nitrogen functional groups attached to an aromatic ring is 1. The van der Waals surface area contributed by atoms with Crippen molar-refractivity contribution >= 4 is 29.0 Å². The number of nitrogens with two attached hydrogens (primary N) is 1. The molecule has 0 spiro atoms. The maximum Gasteiger partial charge on any atom is 0.260 e. The molecule has 0 bridgehead atoms. The summed E-state index contributed by atoms with van der Waals surface area (Å²) < 4.78 is 0. The van der Waals surface area contributed by atoms with E-state index in [-0.39, 0.29) is 17.9 Å². The number of carbonyl (C=O) groups is 1. The Hall–Kier alpha value is -2.63. The summed E-state index contributed by atoms with van der Waals surface area (Å²) in [4.78, 5) is 24.8. The van der Waals surface area contributed by atoms with E-state index in [4.69, 9.17) is 5.73 Å². The second kappa shape index (κ2) is 4.73. The van der Waals surface area contributed by atoms with Gasteiger partial charge in [-0.15, -0.1) is 0 Å². The van der Waals surface area contributed by atoms with Gasteiger partial charge >= 0.3 is 0 Å². The van der Waals surface area contributed by atoms with Gasteiger partial charge in [-0.25, -0.2) is 4.98 Å². The molecule has 6 nitrogen and oxygen atoms in total. The fourth-order valence-corrected chi connectivity index (χ4v) is 2.61. The van der Waals surface area contributed by atoms with Gasteiger partial charge in [0.15, 0.2) is 5.82 Å². The minimum absolute atomic E-state index is 0.0111. The van der Waals surface area contributed by atoms with Crippen molar-refractivity contribution in [3.05, 3.63) is 36.0 Å². The van der Waals surface area contributed by atoms with Crippen molar-refractivity contribution < 1.29 is 4.79 Å². The zero-order valence-corrected chi connectivity index (χ0v) is 12.2. The molecule has 1 aromatic heterocycles. The number of rotatable bonds is 1. The van der Waals surface area contributed by atoms with Gasteiger partial charge in [0.05, 0.1) is 17.4 Å². The minimum atomic E-state index is -0.0560. The summed E-state index contributed by atoms with van der Waals surface area (Å²) in [5, 5.41) is 0. The van der Waals surface area contributed by atoms with E-state index in [9.17, 15) is 4.79 Å². The fraction of sp³-hybridized carbons (Fsp3) is 0.267. The van der Waals surface area contributed by atoms with Crippen LogP contribution in [0.3, 0.4) is 0 Å². The molecule has 1 aliphatic rings. The van der Waals surface area contributed by atoms with Crippen LogP contribution in [0, 0.1) is 0 Å². The molecule has 3 rings (SSSR count). The average molecular weight is 283 g/mol. The van der Waals surface area contributed by atoms with E-state index in [1.54, 1.807) is 11.1 Å². The van der Waals surface area contributed by atoms with Crippen LogP contribution in [-0.2, 0) is 0 Å². The van der Waals surface area contributed by atoms with E-state index in [1.165, 1.54) is 0 Å². The third-order valence-corrected chi connectivity index (χ3v) is 3.58. The molecule has 1 aliphatic heterocycles. The second-order valence-electron chi connectivity index (χ2n) is 5.28. The van der Waals surface area contributed by atoms with Crippen LogP contribution in [0.5, 0.6) is 0 Å². The predicted molar refractivity (Wildman–Crippen MR) is 82.9 cm³/mol. The number of anilines is 4. The smallest absolute Gasteiger partial charge is 0.260 e. The normalized spacial score (nSPS) is 14.0. The van der Waals surface area contributed by atoms with Gasteiger partial charge in [-0.1, -0.05) is 12.1 Å². The standard InChI is InChI=1S/C15H17N5O/c1-9(2)20-12-8-17-15(16)18-13(12)19(3)11-7-5-4-6-10(11)14(20)21/h4-9H,1-3H3,(H2,16,17,18). The number of nitrogens with zero attached hydrogens (tertiary/aromatic N) is 4. The second-order valence-corrected chi connectivity index (χ2v) is 5.28. The lowest BCUT2D eigenvalue weighted by atomic mass is 10.1. The van der Waals surface area contributed by atoms with Crippen LogP contribution in [-0.4, -0.2) is 29.0 Å². The third-order valence-electron chi connectivity index (χ3n) is 3.58. The van der Waals surface area contributed by atoms with Gasteiger partial charge in [-0.05, 0) is 26.0 Å². The quantitative estimate of drug-likeness (QED) is 0.868. The molecule has 2 N–H and O–H groups in total. The predicted octanol–water partition coefficient (Wildman–Crippen LogP) is 2.20. The summed E-state index contributed by atoms with van der Waals surface area (Å²) in [5.41, 5.74) is 7.84. The Kier molecular flexibility index (Phi) is 3.01. The van der Waals surface area contributed by atoms with Gasteiger partial charge in [0.25, 0.3) is 5.91 Å². The molecule has 6 heteroatoms. The van der Waals surface area contributed by atoms with Crippen molar-refractivity contribution in [3.8, 4) is 0 Å². The molecule has 108 valence electrons. The third kappa shape index (κ3) is 1.99. The summed E-state index contributed by atoms with van der Waals surface area (Å²) in [6.45, 7) is 3.93. The van der Waals surface area contributed by atoms with Crippen LogP contribution in [0.1, 0.15) is 24.2 Å². The zero-order valence-electron chi connectivity index (χ0n) is 12.2. The van der Waals surface area contributed by atoms with Gasteiger partial charge < -0.3 is 15.5 Å². The molecule has 0 atom stereocenters. The van der Waals surface area contributed by atoms with Crippen molar-refractivity contribution in [2.24, 2.45) is 0 Å². The highest BCUT2D eigenvalue weighted by Gasteiger charge is 2.32. The number of carbonyl (C=O) groups excluding carboxylic acids is 1. The van der Waals surface area contributed by atoms with Gasteiger partial charge in [-0.2, -0.15) is 4.98 Å². The molecule has 1 amide bonds. The first-order valence-corrected chi connectivity index (χ1v) is 6.79. The first-order valence-electron chi connectivity index (χ1n) is 6.79. The maximum absolute atomic E-state index is 12.9. The Morgan fingerprint density at radius 1 is 1.19 bits per heavy atom. The number of aromatic nitrogens is 2. The molecule has 0 radical (unpaired) electrons. The van der Waals surface area contributed by atoms with E-state index < -0.39 is 0 Å². The number of fused-ring (bicyclic) bond motifs is 2. The Morgan fingerprint density at radius 3 is 2.62 bits per heavy atom. The molecule has 1 aromatic carbocycles. The van der Waals surface area contributed by atoms with Crippen molar-refractivity contribution in [1.29, 1.82) is 0 Å². The molecule has 2 aromatic rings. The summed E-state index contributed by atoms with van der Waals surface area (Å²) in [7, 11) is 1.88. The van der Waals surface area contributed by atoms with Gasteiger partial charge in [0, 0.05) is 13.1 Å². The Bertz CT molecular complexity index is 713. The topological polar surface area (TPSA) is 75.4 Å². The Morgan fingerprint density at radius 2 is 1.90 bits per heavy atom. The molecule has 2 heterocycles. The van der Waals surface area contributed by atoms with Gasteiger partial charge in [-0.3, -0.25) is 4.79 Å². The van der Waals surface area contributed by atoms with Crippen LogP contribution in [0.2, 0.25) is 0 Å².